The maximum absolute atomic E-state index is 13.5. The lowest BCUT2D eigenvalue weighted by molar-refractivity contribution is 0.424. The van der Waals surface area contributed by atoms with E-state index in [4.69, 9.17) is 11.6 Å². The standard InChI is InChI=1S/C18H15ClFN/c19-12-6-4-11(5-7-12)18-15-3-1-2-14(15)16-10-13(20)8-9-17(16)21-18/h1-2,4-10,14-15,18,21H,3H2/t14-,15-,18-/m1/s1. The third-order valence-electron chi connectivity index (χ3n) is 4.55. The van der Waals surface area contributed by atoms with Crippen LogP contribution >= 0.6 is 11.6 Å². The number of halogens is 2. The maximum Gasteiger partial charge on any atom is 0.123 e. The van der Waals surface area contributed by atoms with Crippen molar-refractivity contribution in [2.24, 2.45) is 5.92 Å². The fourth-order valence-corrected chi connectivity index (χ4v) is 3.69. The molecule has 106 valence electrons. The van der Waals surface area contributed by atoms with Gasteiger partial charge in [-0.05, 0) is 53.8 Å². The molecular weight excluding hydrogens is 285 g/mol. The molecule has 2 aliphatic rings. The van der Waals surface area contributed by atoms with Gasteiger partial charge in [0.25, 0.3) is 0 Å². The van der Waals surface area contributed by atoms with Crippen molar-refractivity contribution in [1.82, 2.24) is 0 Å². The Morgan fingerprint density at radius 2 is 1.90 bits per heavy atom. The minimum Gasteiger partial charge on any atom is -0.378 e. The van der Waals surface area contributed by atoms with Crippen LogP contribution in [-0.2, 0) is 0 Å². The second-order valence-corrected chi connectivity index (χ2v) is 6.20. The van der Waals surface area contributed by atoms with Gasteiger partial charge in [0.15, 0.2) is 0 Å². The number of fused-ring (bicyclic) bond motifs is 3. The highest BCUT2D eigenvalue weighted by atomic mass is 35.5. The second-order valence-electron chi connectivity index (χ2n) is 5.76. The van der Waals surface area contributed by atoms with E-state index in [-0.39, 0.29) is 17.8 Å². The van der Waals surface area contributed by atoms with Crippen molar-refractivity contribution in [3.63, 3.8) is 0 Å². The lowest BCUT2D eigenvalue weighted by Crippen LogP contribution is -2.29. The van der Waals surface area contributed by atoms with Gasteiger partial charge in [0, 0.05) is 16.6 Å². The van der Waals surface area contributed by atoms with E-state index < -0.39 is 0 Å². The number of hydrogen-bond acceptors (Lipinski definition) is 1. The van der Waals surface area contributed by atoms with E-state index in [9.17, 15) is 4.39 Å². The first-order chi connectivity index (χ1) is 10.2. The molecule has 21 heavy (non-hydrogen) atoms. The third kappa shape index (κ3) is 2.14. The summed E-state index contributed by atoms with van der Waals surface area (Å²) in [5.41, 5.74) is 3.33. The molecule has 3 atom stereocenters. The molecule has 1 aliphatic heterocycles. The van der Waals surface area contributed by atoms with Crippen LogP contribution in [0, 0.1) is 11.7 Å². The average Bonchev–Trinajstić information content (AvgIpc) is 2.97. The van der Waals surface area contributed by atoms with E-state index in [0.717, 1.165) is 22.7 Å². The Balaban J connectivity index is 1.78. The minimum absolute atomic E-state index is 0.167. The van der Waals surface area contributed by atoms with Crippen molar-refractivity contribution in [3.8, 4) is 0 Å². The summed E-state index contributed by atoms with van der Waals surface area (Å²) >= 11 is 5.99. The van der Waals surface area contributed by atoms with Gasteiger partial charge in [0.05, 0.1) is 6.04 Å². The topological polar surface area (TPSA) is 12.0 Å². The highest BCUT2D eigenvalue weighted by Crippen LogP contribution is 2.49. The van der Waals surface area contributed by atoms with Crippen LogP contribution in [0.25, 0.3) is 0 Å². The first-order valence-electron chi connectivity index (χ1n) is 7.20. The predicted octanol–water partition coefficient (Wildman–Crippen LogP) is 5.31. The Labute approximate surface area is 128 Å². The third-order valence-corrected chi connectivity index (χ3v) is 4.81. The quantitative estimate of drug-likeness (QED) is 0.704. The first-order valence-corrected chi connectivity index (χ1v) is 7.58. The Kier molecular flexibility index (Phi) is 3.00. The fraction of sp³-hybridized carbons (Fsp3) is 0.222. The molecule has 4 rings (SSSR count). The Morgan fingerprint density at radius 3 is 2.71 bits per heavy atom. The second kappa shape index (κ2) is 4.88. The normalized spacial score (nSPS) is 26.1. The van der Waals surface area contributed by atoms with Gasteiger partial charge in [0.2, 0.25) is 0 Å². The molecule has 1 heterocycles. The summed E-state index contributed by atoms with van der Waals surface area (Å²) in [5, 5.41) is 4.33. The van der Waals surface area contributed by atoms with Gasteiger partial charge in [0.1, 0.15) is 5.82 Å². The summed E-state index contributed by atoms with van der Waals surface area (Å²) in [7, 11) is 0. The van der Waals surface area contributed by atoms with E-state index in [1.807, 2.05) is 18.2 Å². The molecule has 0 unspecified atom stereocenters. The van der Waals surface area contributed by atoms with Gasteiger partial charge in [-0.15, -0.1) is 0 Å². The van der Waals surface area contributed by atoms with Gasteiger partial charge < -0.3 is 5.32 Å². The molecule has 1 nitrogen and oxygen atoms in total. The van der Waals surface area contributed by atoms with Gasteiger partial charge in [-0.2, -0.15) is 0 Å². The molecule has 0 saturated carbocycles. The number of hydrogen-bond donors (Lipinski definition) is 1. The highest BCUT2D eigenvalue weighted by Gasteiger charge is 2.37. The van der Waals surface area contributed by atoms with Gasteiger partial charge in [-0.1, -0.05) is 35.9 Å². The van der Waals surface area contributed by atoms with Crippen molar-refractivity contribution in [2.75, 3.05) is 5.32 Å². The molecule has 3 heteroatoms. The molecule has 0 bridgehead atoms. The molecule has 0 spiro atoms. The van der Waals surface area contributed by atoms with E-state index in [1.165, 1.54) is 11.6 Å². The molecule has 0 fully saturated rings. The summed E-state index contributed by atoms with van der Waals surface area (Å²) in [6.45, 7) is 0. The van der Waals surface area contributed by atoms with Crippen molar-refractivity contribution < 1.29 is 4.39 Å². The van der Waals surface area contributed by atoms with Crippen LogP contribution in [0.2, 0.25) is 5.02 Å². The lowest BCUT2D eigenvalue weighted by Gasteiger charge is -2.37. The SMILES string of the molecule is Fc1ccc2c(c1)[C@@H]1C=CC[C@H]1[C@@H](c1ccc(Cl)cc1)N2. The fourth-order valence-electron chi connectivity index (χ4n) is 3.57. The zero-order chi connectivity index (χ0) is 14.4. The molecule has 2 aromatic rings. The van der Waals surface area contributed by atoms with Crippen molar-refractivity contribution >= 4 is 17.3 Å². The molecule has 0 amide bonds. The number of anilines is 1. The number of rotatable bonds is 1. The maximum atomic E-state index is 13.5. The molecule has 0 aromatic heterocycles. The van der Waals surface area contributed by atoms with Crippen LogP contribution in [0.15, 0.2) is 54.6 Å². The molecule has 2 aromatic carbocycles. The van der Waals surface area contributed by atoms with Gasteiger partial charge in [-0.25, -0.2) is 4.39 Å². The van der Waals surface area contributed by atoms with E-state index >= 15 is 0 Å². The number of benzene rings is 2. The number of nitrogens with one attached hydrogen (secondary N) is 1. The first kappa shape index (κ1) is 12.9. The summed E-state index contributed by atoms with van der Waals surface area (Å²) in [6.07, 6.45) is 5.44. The highest BCUT2D eigenvalue weighted by molar-refractivity contribution is 6.30. The monoisotopic (exact) mass is 299 g/mol. The molecule has 1 aliphatic carbocycles. The van der Waals surface area contributed by atoms with Crippen LogP contribution in [-0.4, -0.2) is 0 Å². The largest absolute Gasteiger partial charge is 0.378 e. The summed E-state index contributed by atoms with van der Waals surface area (Å²) < 4.78 is 13.5. The minimum atomic E-state index is -0.167. The van der Waals surface area contributed by atoms with Crippen LogP contribution < -0.4 is 5.32 Å². The smallest absolute Gasteiger partial charge is 0.123 e. The Morgan fingerprint density at radius 1 is 1.10 bits per heavy atom. The average molecular weight is 300 g/mol. The Bertz CT molecular complexity index is 708. The zero-order valence-electron chi connectivity index (χ0n) is 11.4. The summed E-state index contributed by atoms with van der Waals surface area (Å²) in [4.78, 5) is 0. The van der Waals surface area contributed by atoms with Crippen molar-refractivity contribution in [2.45, 2.75) is 18.4 Å². The van der Waals surface area contributed by atoms with Gasteiger partial charge >= 0.3 is 0 Å². The van der Waals surface area contributed by atoms with Crippen molar-refractivity contribution in [1.29, 1.82) is 0 Å². The number of allylic oxidation sites excluding steroid dienone is 2. The van der Waals surface area contributed by atoms with Crippen LogP contribution in [0.1, 0.15) is 29.5 Å². The zero-order valence-corrected chi connectivity index (χ0v) is 12.1. The van der Waals surface area contributed by atoms with Crippen LogP contribution in [0.3, 0.4) is 0 Å². The molecule has 1 N–H and O–H groups in total. The predicted molar refractivity (Wildman–Crippen MR) is 84.2 cm³/mol. The molecular formula is C18H15ClFN. The van der Waals surface area contributed by atoms with E-state index in [1.54, 1.807) is 6.07 Å². The van der Waals surface area contributed by atoms with Crippen LogP contribution in [0.4, 0.5) is 10.1 Å². The van der Waals surface area contributed by atoms with Crippen LogP contribution in [0.5, 0.6) is 0 Å². The van der Waals surface area contributed by atoms with Gasteiger partial charge in [-0.3, -0.25) is 0 Å². The lowest BCUT2D eigenvalue weighted by atomic mass is 9.77. The molecule has 0 saturated heterocycles. The Hall–Kier alpha value is -1.80. The summed E-state index contributed by atoms with van der Waals surface area (Å²) in [5.74, 6) is 0.553. The molecule has 0 radical (unpaired) electrons. The summed E-state index contributed by atoms with van der Waals surface area (Å²) in [6, 6.07) is 13.3. The van der Waals surface area contributed by atoms with E-state index in [2.05, 4.69) is 29.6 Å². The van der Waals surface area contributed by atoms with E-state index in [0.29, 0.717) is 5.92 Å². The van der Waals surface area contributed by atoms with Crippen molar-refractivity contribution in [3.05, 3.63) is 76.6 Å².